The Labute approximate surface area is 123 Å². The third-order valence-corrected chi connectivity index (χ3v) is 4.01. The summed E-state index contributed by atoms with van der Waals surface area (Å²) in [7, 11) is 0. The number of hydrogen-bond acceptors (Lipinski definition) is 5. The van der Waals surface area contributed by atoms with Crippen LogP contribution >= 0.6 is 0 Å². The van der Waals surface area contributed by atoms with Gasteiger partial charge < -0.3 is 14.4 Å². The number of ether oxygens (including phenoxy) is 2. The van der Waals surface area contributed by atoms with E-state index in [1.54, 1.807) is 12.3 Å². The molecule has 6 nitrogen and oxygen atoms in total. The van der Waals surface area contributed by atoms with Gasteiger partial charge in [-0.15, -0.1) is 6.58 Å². The minimum atomic E-state index is -0.105. The molecule has 0 aromatic carbocycles. The number of nitrogens with zero attached hydrogens (tertiary/aromatic N) is 3. The zero-order valence-electron chi connectivity index (χ0n) is 11.9. The molecule has 112 valence electrons. The van der Waals surface area contributed by atoms with Crippen molar-refractivity contribution in [1.82, 2.24) is 14.9 Å². The van der Waals surface area contributed by atoms with E-state index in [-0.39, 0.29) is 24.2 Å². The van der Waals surface area contributed by atoms with Crippen molar-refractivity contribution in [2.45, 2.75) is 31.1 Å². The minimum absolute atomic E-state index is 0.0342. The monoisotopic (exact) mass is 289 g/mol. The van der Waals surface area contributed by atoms with Gasteiger partial charge in [-0.1, -0.05) is 6.08 Å². The highest BCUT2D eigenvalue weighted by Gasteiger charge is 2.44. The summed E-state index contributed by atoms with van der Waals surface area (Å²) in [5.41, 5.74) is 0.366. The molecule has 3 unspecified atom stereocenters. The van der Waals surface area contributed by atoms with E-state index in [2.05, 4.69) is 16.5 Å². The maximum Gasteiger partial charge on any atom is 0.274 e. The van der Waals surface area contributed by atoms with Crippen molar-refractivity contribution in [2.75, 3.05) is 19.8 Å². The number of hydrogen-bond donors (Lipinski definition) is 0. The van der Waals surface area contributed by atoms with Gasteiger partial charge in [-0.25, -0.2) is 4.98 Å². The first-order chi connectivity index (χ1) is 10.3. The molecule has 0 radical (unpaired) electrons. The van der Waals surface area contributed by atoms with Gasteiger partial charge in [-0.05, 0) is 12.8 Å². The Morgan fingerprint density at radius 2 is 2.43 bits per heavy atom. The van der Waals surface area contributed by atoms with Crippen molar-refractivity contribution in [3.05, 3.63) is 36.9 Å². The number of rotatable bonds is 4. The normalized spacial score (nSPS) is 28.2. The van der Waals surface area contributed by atoms with E-state index in [1.165, 1.54) is 12.4 Å². The predicted molar refractivity (Wildman–Crippen MR) is 75.8 cm³/mol. The predicted octanol–water partition coefficient (Wildman–Crippen LogP) is 1.05. The van der Waals surface area contributed by atoms with Gasteiger partial charge in [0, 0.05) is 18.9 Å². The number of fused-ring (bicyclic) bond motifs is 2. The fraction of sp³-hybridized carbons (Fsp3) is 0.533. The van der Waals surface area contributed by atoms with Crippen LogP contribution in [0.3, 0.4) is 0 Å². The van der Waals surface area contributed by atoms with E-state index in [0.29, 0.717) is 25.5 Å². The zero-order valence-corrected chi connectivity index (χ0v) is 11.9. The SMILES string of the molecule is C=CCOC1C2CCC1N(C(=O)c1cnccn1)CCO2. The Hall–Kier alpha value is -1.79. The molecule has 21 heavy (non-hydrogen) atoms. The fourth-order valence-corrected chi connectivity index (χ4v) is 3.10. The quantitative estimate of drug-likeness (QED) is 0.775. The average Bonchev–Trinajstić information content (AvgIpc) is 2.81. The second-order valence-corrected chi connectivity index (χ2v) is 5.23. The van der Waals surface area contributed by atoms with E-state index in [1.807, 2.05) is 4.90 Å². The van der Waals surface area contributed by atoms with Crippen LogP contribution in [0.25, 0.3) is 0 Å². The Balaban J connectivity index is 1.81. The molecule has 2 bridgehead atoms. The topological polar surface area (TPSA) is 64.5 Å². The van der Waals surface area contributed by atoms with Crippen molar-refractivity contribution in [3.63, 3.8) is 0 Å². The summed E-state index contributed by atoms with van der Waals surface area (Å²) in [6.45, 7) is 5.23. The van der Waals surface area contributed by atoms with Gasteiger partial charge in [0.2, 0.25) is 0 Å². The summed E-state index contributed by atoms with van der Waals surface area (Å²) in [6.07, 6.45) is 8.09. The van der Waals surface area contributed by atoms with Gasteiger partial charge in [-0.3, -0.25) is 9.78 Å². The van der Waals surface area contributed by atoms with Gasteiger partial charge in [0.25, 0.3) is 5.91 Å². The van der Waals surface area contributed by atoms with Crippen LogP contribution in [0.5, 0.6) is 0 Å². The van der Waals surface area contributed by atoms with Crippen molar-refractivity contribution in [1.29, 1.82) is 0 Å². The molecule has 1 aromatic heterocycles. The molecule has 2 fully saturated rings. The first-order valence-electron chi connectivity index (χ1n) is 7.22. The molecule has 6 heteroatoms. The van der Waals surface area contributed by atoms with E-state index >= 15 is 0 Å². The highest BCUT2D eigenvalue weighted by Crippen LogP contribution is 2.32. The lowest BCUT2D eigenvalue weighted by Gasteiger charge is -2.30. The Kier molecular flexibility index (Phi) is 4.26. The van der Waals surface area contributed by atoms with Crippen molar-refractivity contribution >= 4 is 5.91 Å². The van der Waals surface area contributed by atoms with Crippen LogP contribution < -0.4 is 0 Å². The summed E-state index contributed by atoms with van der Waals surface area (Å²) < 4.78 is 11.7. The molecular formula is C15H19N3O3. The molecular weight excluding hydrogens is 270 g/mol. The van der Waals surface area contributed by atoms with Gasteiger partial charge in [0.15, 0.2) is 0 Å². The van der Waals surface area contributed by atoms with Crippen molar-refractivity contribution in [2.24, 2.45) is 0 Å². The summed E-state index contributed by atoms with van der Waals surface area (Å²) in [5, 5.41) is 0. The van der Waals surface area contributed by atoms with Gasteiger partial charge >= 0.3 is 0 Å². The van der Waals surface area contributed by atoms with Crippen LogP contribution in [0, 0.1) is 0 Å². The maximum absolute atomic E-state index is 12.7. The highest BCUT2D eigenvalue weighted by atomic mass is 16.5. The molecule has 1 aromatic rings. The molecule has 1 saturated carbocycles. The summed E-state index contributed by atoms with van der Waals surface area (Å²) in [4.78, 5) is 22.5. The standard InChI is InChI=1S/C15H19N3O3/c1-2-8-21-14-12-3-4-13(14)20-9-7-18(12)15(19)11-10-16-5-6-17-11/h2,5-6,10,12-14H,1,3-4,7-9H2. The number of carbonyl (C=O) groups excluding carboxylic acids is 1. The molecule has 3 atom stereocenters. The molecule has 1 aliphatic heterocycles. The van der Waals surface area contributed by atoms with Crippen LogP contribution in [0.1, 0.15) is 23.3 Å². The van der Waals surface area contributed by atoms with Crippen LogP contribution in [0.4, 0.5) is 0 Å². The zero-order chi connectivity index (χ0) is 14.7. The van der Waals surface area contributed by atoms with E-state index in [9.17, 15) is 4.79 Å². The molecule has 1 saturated heterocycles. The number of aromatic nitrogens is 2. The lowest BCUT2D eigenvalue weighted by Crippen LogP contribution is -2.46. The number of carbonyl (C=O) groups is 1. The molecule has 1 aliphatic carbocycles. The van der Waals surface area contributed by atoms with E-state index in [0.717, 1.165) is 12.8 Å². The van der Waals surface area contributed by atoms with Gasteiger partial charge in [0.05, 0.1) is 31.6 Å². The molecule has 0 spiro atoms. The van der Waals surface area contributed by atoms with Crippen molar-refractivity contribution in [3.8, 4) is 0 Å². The third-order valence-electron chi connectivity index (χ3n) is 4.01. The summed E-state index contributed by atoms with van der Waals surface area (Å²) in [5.74, 6) is -0.105. The van der Waals surface area contributed by atoms with Crippen molar-refractivity contribution < 1.29 is 14.3 Å². The first-order valence-corrected chi connectivity index (χ1v) is 7.22. The van der Waals surface area contributed by atoms with E-state index < -0.39 is 0 Å². The van der Waals surface area contributed by atoms with Crippen LogP contribution in [-0.2, 0) is 9.47 Å². The summed E-state index contributed by atoms with van der Waals surface area (Å²) >= 11 is 0. The van der Waals surface area contributed by atoms with Gasteiger partial charge in [0.1, 0.15) is 11.8 Å². The lowest BCUT2D eigenvalue weighted by molar-refractivity contribution is -0.0434. The molecule has 3 rings (SSSR count). The van der Waals surface area contributed by atoms with Crippen LogP contribution in [-0.4, -0.2) is 58.8 Å². The molecule has 1 amide bonds. The van der Waals surface area contributed by atoms with Crippen LogP contribution in [0.2, 0.25) is 0 Å². The lowest BCUT2D eigenvalue weighted by atomic mass is 10.1. The van der Waals surface area contributed by atoms with Crippen LogP contribution in [0.15, 0.2) is 31.2 Å². The van der Waals surface area contributed by atoms with Gasteiger partial charge in [-0.2, -0.15) is 0 Å². The second kappa shape index (κ2) is 6.32. The summed E-state index contributed by atoms with van der Waals surface area (Å²) in [6, 6.07) is 0.0342. The maximum atomic E-state index is 12.7. The first kappa shape index (κ1) is 14.2. The number of amides is 1. The third kappa shape index (κ3) is 2.82. The average molecular weight is 289 g/mol. The largest absolute Gasteiger partial charge is 0.374 e. The fourth-order valence-electron chi connectivity index (χ4n) is 3.10. The molecule has 0 N–H and O–H groups in total. The smallest absolute Gasteiger partial charge is 0.274 e. The Morgan fingerprint density at radius 1 is 1.52 bits per heavy atom. The highest BCUT2D eigenvalue weighted by molar-refractivity contribution is 5.92. The molecule has 2 aliphatic rings. The Bertz CT molecular complexity index is 508. The molecule has 2 heterocycles. The minimum Gasteiger partial charge on any atom is -0.374 e. The second-order valence-electron chi connectivity index (χ2n) is 5.23. The van der Waals surface area contributed by atoms with E-state index in [4.69, 9.17) is 9.47 Å². The Morgan fingerprint density at radius 3 is 3.19 bits per heavy atom.